The number of likely N-dealkylation sites (tertiary alicyclic amines) is 1. The van der Waals surface area contributed by atoms with E-state index in [0.717, 1.165) is 35.6 Å². The summed E-state index contributed by atoms with van der Waals surface area (Å²) in [5, 5.41) is 5.13. The Morgan fingerprint density at radius 2 is 1.80 bits per heavy atom. The van der Waals surface area contributed by atoms with Gasteiger partial charge in [0.1, 0.15) is 0 Å². The molecule has 1 saturated heterocycles. The first-order valence-electron chi connectivity index (χ1n) is 9.17. The molecule has 0 radical (unpaired) electrons. The molecule has 4 nitrogen and oxygen atoms in total. The molecule has 25 heavy (non-hydrogen) atoms. The van der Waals surface area contributed by atoms with Crippen molar-refractivity contribution in [3.63, 3.8) is 0 Å². The standard InChI is InChI=1S/C21H26N2O2/c1-3-15(2)22-20(24)17-11-13-23(14-12-17)21(25)19-10-6-8-16-7-4-5-9-18(16)19/h4-10,15,17H,3,11-14H2,1-2H3,(H,22,24). The lowest BCUT2D eigenvalue weighted by molar-refractivity contribution is -0.126. The van der Waals surface area contributed by atoms with Crippen LogP contribution in [0.25, 0.3) is 10.8 Å². The molecule has 1 unspecified atom stereocenters. The van der Waals surface area contributed by atoms with Crippen LogP contribution in [0.15, 0.2) is 42.5 Å². The Labute approximate surface area is 149 Å². The Balaban J connectivity index is 1.66. The van der Waals surface area contributed by atoms with E-state index in [1.54, 1.807) is 0 Å². The highest BCUT2D eigenvalue weighted by molar-refractivity contribution is 6.07. The minimum absolute atomic E-state index is 0.0190. The molecule has 1 fully saturated rings. The van der Waals surface area contributed by atoms with Crippen LogP contribution >= 0.6 is 0 Å². The van der Waals surface area contributed by atoms with Crippen molar-refractivity contribution in [3.05, 3.63) is 48.0 Å². The minimum Gasteiger partial charge on any atom is -0.353 e. The van der Waals surface area contributed by atoms with E-state index in [0.29, 0.717) is 13.1 Å². The topological polar surface area (TPSA) is 49.4 Å². The van der Waals surface area contributed by atoms with Crippen molar-refractivity contribution in [1.82, 2.24) is 10.2 Å². The number of nitrogens with one attached hydrogen (secondary N) is 1. The van der Waals surface area contributed by atoms with Crippen molar-refractivity contribution >= 4 is 22.6 Å². The van der Waals surface area contributed by atoms with E-state index in [2.05, 4.69) is 12.2 Å². The molecule has 0 spiro atoms. The Morgan fingerprint density at radius 1 is 1.12 bits per heavy atom. The maximum absolute atomic E-state index is 12.9. The van der Waals surface area contributed by atoms with Crippen LogP contribution in [-0.4, -0.2) is 35.8 Å². The van der Waals surface area contributed by atoms with Crippen LogP contribution in [0.4, 0.5) is 0 Å². The summed E-state index contributed by atoms with van der Waals surface area (Å²) in [5.74, 6) is 0.217. The lowest BCUT2D eigenvalue weighted by atomic mass is 9.94. The molecule has 2 amide bonds. The molecular weight excluding hydrogens is 312 g/mol. The van der Waals surface area contributed by atoms with Gasteiger partial charge < -0.3 is 10.2 Å². The molecule has 4 heteroatoms. The van der Waals surface area contributed by atoms with E-state index >= 15 is 0 Å². The number of hydrogen-bond donors (Lipinski definition) is 1. The second-order valence-corrected chi connectivity index (χ2v) is 6.91. The second-order valence-electron chi connectivity index (χ2n) is 6.91. The summed E-state index contributed by atoms with van der Waals surface area (Å²) in [6.07, 6.45) is 2.40. The van der Waals surface area contributed by atoms with Gasteiger partial charge in [-0.25, -0.2) is 0 Å². The molecule has 1 aliphatic heterocycles. The molecule has 2 aromatic carbocycles. The summed E-state index contributed by atoms with van der Waals surface area (Å²) in [4.78, 5) is 27.1. The van der Waals surface area contributed by atoms with Gasteiger partial charge in [-0.05, 0) is 43.0 Å². The first-order chi connectivity index (χ1) is 12.1. The number of benzene rings is 2. The van der Waals surface area contributed by atoms with Gasteiger partial charge in [0.25, 0.3) is 5.91 Å². The zero-order chi connectivity index (χ0) is 17.8. The Bertz CT molecular complexity index is 758. The fourth-order valence-electron chi connectivity index (χ4n) is 3.39. The lowest BCUT2D eigenvalue weighted by Crippen LogP contribution is -2.44. The number of piperidine rings is 1. The molecule has 0 aromatic heterocycles. The summed E-state index contributed by atoms with van der Waals surface area (Å²) >= 11 is 0. The SMILES string of the molecule is CCC(C)NC(=O)C1CCN(C(=O)c2cccc3ccccc23)CC1. The third kappa shape index (κ3) is 3.84. The van der Waals surface area contributed by atoms with Crippen LogP contribution in [-0.2, 0) is 4.79 Å². The highest BCUT2D eigenvalue weighted by Gasteiger charge is 2.28. The summed E-state index contributed by atoms with van der Waals surface area (Å²) in [6.45, 7) is 5.37. The van der Waals surface area contributed by atoms with Gasteiger partial charge in [-0.1, -0.05) is 43.3 Å². The molecular formula is C21H26N2O2. The van der Waals surface area contributed by atoms with Gasteiger partial charge in [0, 0.05) is 30.6 Å². The van der Waals surface area contributed by atoms with Crippen LogP contribution in [0.5, 0.6) is 0 Å². The number of carbonyl (C=O) groups excluding carboxylic acids is 2. The third-order valence-corrected chi connectivity index (χ3v) is 5.17. The van der Waals surface area contributed by atoms with Crippen molar-refractivity contribution in [3.8, 4) is 0 Å². The fraction of sp³-hybridized carbons (Fsp3) is 0.429. The van der Waals surface area contributed by atoms with E-state index in [9.17, 15) is 9.59 Å². The fourth-order valence-corrected chi connectivity index (χ4v) is 3.39. The highest BCUT2D eigenvalue weighted by Crippen LogP contribution is 2.23. The van der Waals surface area contributed by atoms with Gasteiger partial charge >= 0.3 is 0 Å². The van der Waals surface area contributed by atoms with E-state index in [-0.39, 0.29) is 23.8 Å². The van der Waals surface area contributed by atoms with Crippen LogP contribution in [0, 0.1) is 5.92 Å². The number of carbonyl (C=O) groups is 2. The monoisotopic (exact) mass is 338 g/mol. The minimum atomic E-state index is 0.0190. The quantitative estimate of drug-likeness (QED) is 0.926. The van der Waals surface area contributed by atoms with Gasteiger partial charge in [0.05, 0.1) is 0 Å². The normalized spacial score (nSPS) is 16.6. The predicted molar refractivity (Wildman–Crippen MR) is 100 cm³/mol. The van der Waals surface area contributed by atoms with Crippen LogP contribution in [0.1, 0.15) is 43.5 Å². The van der Waals surface area contributed by atoms with Crippen molar-refractivity contribution in [1.29, 1.82) is 0 Å². The van der Waals surface area contributed by atoms with E-state index < -0.39 is 0 Å². The largest absolute Gasteiger partial charge is 0.353 e. The molecule has 3 rings (SSSR count). The first-order valence-corrected chi connectivity index (χ1v) is 9.17. The van der Waals surface area contributed by atoms with Gasteiger partial charge in [0.15, 0.2) is 0 Å². The summed E-state index contributed by atoms with van der Waals surface area (Å²) in [7, 11) is 0. The summed E-state index contributed by atoms with van der Waals surface area (Å²) in [5.41, 5.74) is 0.751. The van der Waals surface area contributed by atoms with Crippen LogP contribution < -0.4 is 5.32 Å². The molecule has 1 atom stereocenters. The van der Waals surface area contributed by atoms with Gasteiger partial charge in [-0.2, -0.15) is 0 Å². The van der Waals surface area contributed by atoms with Crippen LogP contribution in [0.2, 0.25) is 0 Å². The van der Waals surface area contributed by atoms with E-state index in [1.165, 1.54) is 0 Å². The average Bonchev–Trinajstić information content (AvgIpc) is 2.67. The maximum atomic E-state index is 12.9. The van der Waals surface area contributed by atoms with Crippen molar-refractivity contribution in [2.45, 2.75) is 39.2 Å². The first kappa shape index (κ1) is 17.5. The predicted octanol–water partition coefficient (Wildman–Crippen LogP) is 3.61. The van der Waals surface area contributed by atoms with Crippen molar-refractivity contribution < 1.29 is 9.59 Å². The zero-order valence-corrected chi connectivity index (χ0v) is 15.0. The Morgan fingerprint density at radius 3 is 2.52 bits per heavy atom. The number of nitrogens with zero attached hydrogens (tertiary/aromatic N) is 1. The molecule has 2 aromatic rings. The van der Waals surface area contributed by atoms with Gasteiger partial charge in [-0.15, -0.1) is 0 Å². The van der Waals surface area contributed by atoms with Crippen molar-refractivity contribution in [2.75, 3.05) is 13.1 Å². The Kier molecular flexibility index (Phi) is 5.37. The lowest BCUT2D eigenvalue weighted by Gasteiger charge is -2.32. The smallest absolute Gasteiger partial charge is 0.254 e. The van der Waals surface area contributed by atoms with E-state index in [1.807, 2.05) is 54.3 Å². The number of rotatable bonds is 4. The number of fused-ring (bicyclic) bond motifs is 1. The molecule has 1 aliphatic rings. The Hall–Kier alpha value is -2.36. The zero-order valence-electron chi connectivity index (χ0n) is 15.0. The van der Waals surface area contributed by atoms with Gasteiger partial charge in [-0.3, -0.25) is 9.59 Å². The molecule has 0 bridgehead atoms. The maximum Gasteiger partial charge on any atom is 0.254 e. The van der Waals surface area contributed by atoms with Crippen molar-refractivity contribution in [2.24, 2.45) is 5.92 Å². The van der Waals surface area contributed by atoms with Crippen LogP contribution in [0.3, 0.4) is 0 Å². The second kappa shape index (κ2) is 7.68. The van der Waals surface area contributed by atoms with E-state index in [4.69, 9.17) is 0 Å². The molecule has 132 valence electrons. The molecule has 0 aliphatic carbocycles. The highest BCUT2D eigenvalue weighted by atomic mass is 16.2. The summed E-state index contributed by atoms with van der Waals surface area (Å²) < 4.78 is 0. The molecule has 0 saturated carbocycles. The average molecular weight is 338 g/mol. The molecule has 1 N–H and O–H groups in total. The number of hydrogen-bond acceptors (Lipinski definition) is 2. The van der Waals surface area contributed by atoms with Gasteiger partial charge in [0.2, 0.25) is 5.91 Å². The summed E-state index contributed by atoms with van der Waals surface area (Å²) in [6, 6.07) is 14.0. The third-order valence-electron chi connectivity index (χ3n) is 5.17. The molecule has 1 heterocycles. The number of amides is 2.